The standard InChI is InChI=1S/C57H35N5O/c1-4-17-36(18-5-1)55-58-56(37-19-6-2-7-20-37)60-57(59-55)45-28-16-32-51-53(45)44-27-14-26-43(54(44)63-51)42-25-15-31-50-52(42)46-35-39(33-34-49(46)61(50)38-21-8-3-9-22-38)62-47-29-12-10-23-40(47)41-24-11-13-30-48(41)62/h1-35H. The molecule has 0 unspecified atom stereocenters. The molecular formula is C57H35N5O. The highest BCUT2D eigenvalue weighted by molar-refractivity contribution is 6.21. The summed E-state index contributed by atoms with van der Waals surface area (Å²) in [6.45, 7) is 0. The van der Waals surface area contributed by atoms with E-state index in [0.29, 0.717) is 17.5 Å². The van der Waals surface area contributed by atoms with Crippen molar-refractivity contribution < 1.29 is 4.42 Å². The Bertz CT molecular complexity index is 3790. The zero-order chi connectivity index (χ0) is 41.4. The van der Waals surface area contributed by atoms with E-state index in [-0.39, 0.29) is 0 Å². The van der Waals surface area contributed by atoms with Crippen molar-refractivity contribution >= 4 is 65.6 Å². The summed E-state index contributed by atoms with van der Waals surface area (Å²) in [5.41, 5.74) is 13.2. The molecule has 0 atom stereocenters. The summed E-state index contributed by atoms with van der Waals surface area (Å²) in [4.78, 5) is 15.2. The fourth-order valence-electron chi connectivity index (χ4n) is 9.65. The second kappa shape index (κ2) is 14.0. The number of fused-ring (bicyclic) bond motifs is 9. The Morgan fingerprint density at radius 1 is 0.317 bits per heavy atom. The van der Waals surface area contributed by atoms with Crippen LogP contribution in [0.1, 0.15) is 0 Å². The number of nitrogens with zero attached hydrogens (tertiary/aromatic N) is 5. The van der Waals surface area contributed by atoms with Crippen LogP contribution in [0.15, 0.2) is 217 Å². The molecule has 0 aliphatic heterocycles. The lowest BCUT2D eigenvalue weighted by Gasteiger charge is -2.10. The van der Waals surface area contributed by atoms with Crippen LogP contribution in [0.5, 0.6) is 0 Å². The topological polar surface area (TPSA) is 61.7 Å². The number of benzene rings is 9. The van der Waals surface area contributed by atoms with Crippen molar-refractivity contribution in [3.8, 4) is 56.7 Å². The first-order chi connectivity index (χ1) is 31.3. The first-order valence-corrected chi connectivity index (χ1v) is 21.2. The predicted octanol–water partition coefficient (Wildman–Crippen LogP) is 14.6. The van der Waals surface area contributed by atoms with Gasteiger partial charge in [0.1, 0.15) is 11.2 Å². The number of rotatable bonds is 6. The van der Waals surface area contributed by atoms with Crippen molar-refractivity contribution in [2.24, 2.45) is 0 Å². The summed E-state index contributed by atoms with van der Waals surface area (Å²) in [5, 5.41) is 6.75. The highest BCUT2D eigenvalue weighted by atomic mass is 16.3. The molecule has 0 saturated carbocycles. The third-order valence-electron chi connectivity index (χ3n) is 12.4. The minimum Gasteiger partial charge on any atom is -0.455 e. The Balaban J connectivity index is 1.06. The maximum atomic E-state index is 6.98. The van der Waals surface area contributed by atoms with Crippen LogP contribution in [0.3, 0.4) is 0 Å². The Hall–Kier alpha value is -8.61. The van der Waals surface area contributed by atoms with Crippen molar-refractivity contribution in [1.82, 2.24) is 24.1 Å². The average Bonchev–Trinajstić information content (AvgIpc) is 4.02. The van der Waals surface area contributed by atoms with Crippen molar-refractivity contribution in [1.29, 1.82) is 0 Å². The molecule has 0 radical (unpaired) electrons. The zero-order valence-electron chi connectivity index (χ0n) is 33.9. The molecule has 4 aromatic heterocycles. The van der Waals surface area contributed by atoms with Crippen molar-refractivity contribution in [3.63, 3.8) is 0 Å². The smallest absolute Gasteiger partial charge is 0.164 e. The molecule has 0 amide bonds. The maximum Gasteiger partial charge on any atom is 0.164 e. The molecule has 0 aliphatic rings. The molecule has 0 aliphatic carbocycles. The van der Waals surface area contributed by atoms with E-state index in [1.165, 1.54) is 21.8 Å². The van der Waals surface area contributed by atoms with Crippen LogP contribution in [-0.4, -0.2) is 24.1 Å². The third-order valence-corrected chi connectivity index (χ3v) is 12.4. The summed E-state index contributed by atoms with van der Waals surface area (Å²) < 4.78 is 11.8. The second-order valence-electron chi connectivity index (χ2n) is 15.9. The summed E-state index contributed by atoms with van der Waals surface area (Å²) in [5.74, 6) is 1.82. The van der Waals surface area contributed by atoms with Gasteiger partial charge >= 0.3 is 0 Å². The van der Waals surface area contributed by atoms with Crippen molar-refractivity contribution in [3.05, 3.63) is 212 Å². The highest BCUT2D eigenvalue weighted by Gasteiger charge is 2.23. The van der Waals surface area contributed by atoms with Crippen LogP contribution >= 0.6 is 0 Å². The second-order valence-corrected chi connectivity index (χ2v) is 15.9. The largest absolute Gasteiger partial charge is 0.455 e. The first-order valence-electron chi connectivity index (χ1n) is 21.2. The van der Waals surface area contributed by atoms with Gasteiger partial charge in [-0.3, -0.25) is 0 Å². The van der Waals surface area contributed by atoms with Crippen LogP contribution in [0, 0.1) is 0 Å². The van der Waals surface area contributed by atoms with Gasteiger partial charge < -0.3 is 13.6 Å². The molecule has 0 spiro atoms. The fourth-order valence-corrected chi connectivity index (χ4v) is 9.65. The minimum atomic E-state index is 0.590. The quantitative estimate of drug-likeness (QED) is 0.168. The Morgan fingerprint density at radius 3 is 1.52 bits per heavy atom. The van der Waals surface area contributed by atoms with Gasteiger partial charge in [0.25, 0.3) is 0 Å². The number of furan rings is 1. The number of hydrogen-bond donors (Lipinski definition) is 0. The molecule has 0 N–H and O–H groups in total. The highest BCUT2D eigenvalue weighted by Crippen LogP contribution is 2.45. The Kier molecular flexibility index (Phi) is 7.80. The van der Waals surface area contributed by atoms with Crippen LogP contribution in [0.4, 0.5) is 0 Å². The normalized spacial score (nSPS) is 11.8. The molecule has 0 saturated heterocycles. The van der Waals surface area contributed by atoms with Crippen LogP contribution in [0.2, 0.25) is 0 Å². The molecule has 0 bridgehead atoms. The number of para-hydroxylation sites is 4. The van der Waals surface area contributed by atoms with E-state index in [4.69, 9.17) is 19.4 Å². The van der Waals surface area contributed by atoms with Gasteiger partial charge in [0.2, 0.25) is 0 Å². The molecule has 13 aromatic rings. The van der Waals surface area contributed by atoms with E-state index in [1.54, 1.807) is 0 Å². The molecule has 4 heterocycles. The van der Waals surface area contributed by atoms with Gasteiger partial charge in [-0.2, -0.15) is 0 Å². The van der Waals surface area contributed by atoms with E-state index in [1.807, 2.05) is 72.8 Å². The molecule has 6 nitrogen and oxygen atoms in total. The van der Waals surface area contributed by atoms with Crippen molar-refractivity contribution in [2.75, 3.05) is 0 Å². The van der Waals surface area contributed by atoms with Gasteiger partial charge in [0, 0.05) is 65.9 Å². The first kappa shape index (κ1) is 35.2. The molecule has 294 valence electrons. The van der Waals surface area contributed by atoms with E-state index in [2.05, 4.69) is 149 Å². The van der Waals surface area contributed by atoms with Gasteiger partial charge in [0.05, 0.1) is 22.1 Å². The summed E-state index contributed by atoms with van der Waals surface area (Å²) in [6, 6.07) is 74.4. The third kappa shape index (κ3) is 5.48. The summed E-state index contributed by atoms with van der Waals surface area (Å²) in [7, 11) is 0. The number of aromatic nitrogens is 5. The molecule has 63 heavy (non-hydrogen) atoms. The molecule has 13 rings (SSSR count). The van der Waals surface area contributed by atoms with Gasteiger partial charge in [-0.15, -0.1) is 0 Å². The van der Waals surface area contributed by atoms with E-state index < -0.39 is 0 Å². The van der Waals surface area contributed by atoms with Gasteiger partial charge in [-0.25, -0.2) is 15.0 Å². The SMILES string of the molecule is c1ccc(-c2nc(-c3ccccc3)nc(-c3cccc4oc5c(-c6cccc7c6c6cc(-n8c9ccccc9c9ccccc98)ccc6n7-c6ccccc6)cccc5c34)n2)cc1. The van der Waals surface area contributed by atoms with Gasteiger partial charge in [-0.1, -0.05) is 158 Å². The maximum absolute atomic E-state index is 6.98. The molecular weight excluding hydrogens is 771 g/mol. The van der Waals surface area contributed by atoms with E-state index in [0.717, 1.165) is 82.9 Å². The van der Waals surface area contributed by atoms with Crippen LogP contribution in [-0.2, 0) is 0 Å². The summed E-state index contributed by atoms with van der Waals surface area (Å²) in [6.07, 6.45) is 0. The van der Waals surface area contributed by atoms with E-state index >= 15 is 0 Å². The van der Waals surface area contributed by atoms with Crippen molar-refractivity contribution in [2.45, 2.75) is 0 Å². The lowest BCUT2D eigenvalue weighted by Crippen LogP contribution is -2.00. The Labute approximate surface area is 361 Å². The predicted molar refractivity (Wildman–Crippen MR) is 258 cm³/mol. The molecule has 0 fully saturated rings. The fraction of sp³-hybridized carbons (Fsp3) is 0. The van der Waals surface area contributed by atoms with Gasteiger partial charge in [-0.05, 0) is 60.2 Å². The monoisotopic (exact) mass is 805 g/mol. The van der Waals surface area contributed by atoms with Crippen LogP contribution < -0.4 is 0 Å². The lowest BCUT2D eigenvalue weighted by atomic mass is 9.96. The molecule has 9 aromatic carbocycles. The minimum absolute atomic E-state index is 0.590. The number of hydrogen-bond acceptors (Lipinski definition) is 4. The average molecular weight is 806 g/mol. The Morgan fingerprint density at radius 2 is 0.825 bits per heavy atom. The lowest BCUT2D eigenvalue weighted by molar-refractivity contribution is 0.670. The van der Waals surface area contributed by atoms with Crippen LogP contribution in [0.25, 0.3) is 122 Å². The summed E-state index contributed by atoms with van der Waals surface area (Å²) >= 11 is 0. The zero-order valence-corrected chi connectivity index (χ0v) is 33.9. The van der Waals surface area contributed by atoms with Gasteiger partial charge in [0.15, 0.2) is 17.5 Å². The molecule has 6 heteroatoms. The van der Waals surface area contributed by atoms with E-state index in [9.17, 15) is 0 Å².